The van der Waals surface area contributed by atoms with Crippen molar-refractivity contribution in [2.24, 2.45) is 0 Å². The van der Waals surface area contributed by atoms with E-state index >= 15 is 0 Å². The molecule has 112 valence electrons. The standard InChI is InChI=1S/C15H22FNO2S/c1-3-18-14(19-4-2)10-17-13-8-9-20-15-11(13)6-5-7-12(15)16/h5-7,13-14,17H,3-4,8-10H2,1-2H3. The maximum atomic E-state index is 13.8. The Morgan fingerprint density at radius 2 is 2.10 bits per heavy atom. The summed E-state index contributed by atoms with van der Waals surface area (Å²) < 4.78 is 24.8. The summed E-state index contributed by atoms with van der Waals surface area (Å²) in [4.78, 5) is 0.778. The van der Waals surface area contributed by atoms with Crippen LogP contribution in [0.5, 0.6) is 0 Å². The van der Waals surface area contributed by atoms with Gasteiger partial charge in [0.25, 0.3) is 0 Å². The summed E-state index contributed by atoms with van der Waals surface area (Å²) in [7, 11) is 0. The summed E-state index contributed by atoms with van der Waals surface area (Å²) in [5.41, 5.74) is 1.05. The zero-order valence-corrected chi connectivity index (χ0v) is 12.8. The Hall–Kier alpha value is -0.620. The molecule has 0 fully saturated rings. The predicted molar refractivity (Wildman–Crippen MR) is 79.5 cm³/mol. The first-order valence-corrected chi connectivity index (χ1v) is 8.12. The zero-order valence-electron chi connectivity index (χ0n) is 12.0. The van der Waals surface area contributed by atoms with E-state index in [9.17, 15) is 4.39 Å². The Kier molecular flexibility index (Phi) is 6.29. The average molecular weight is 299 g/mol. The van der Waals surface area contributed by atoms with Crippen molar-refractivity contribution < 1.29 is 13.9 Å². The van der Waals surface area contributed by atoms with Gasteiger partial charge in [-0.25, -0.2) is 4.39 Å². The molecule has 0 bridgehead atoms. The number of fused-ring (bicyclic) bond motifs is 1. The molecule has 20 heavy (non-hydrogen) atoms. The summed E-state index contributed by atoms with van der Waals surface area (Å²) in [5, 5.41) is 3.44. The zero-order chi connectivity index (χ0) is 14.4. The fraction of sp³-hybridized carbons (Fsp3) is 0.600. The van der Waals surface area contributed by atoms with Crippen molar-refractivity contribution in [3.05, 3.63) is 29.6 Å². The number of ether oxygens (including phenoxy) is 2. The highest BCUT2D eigenvalue weighted by molar-refractivity contribution is 7.99. The molecule has 0 aliphatic carbocycles. The van der Waals surface area contributed by atoms with Gasteiger partial charge in [0.15, 0.2) is 6.29 Å². The second kappa shape index (κ2) is 7.98. The van der Waals surface area contributed by atoms with Crippen LogP contribution < -0.4 is 5.32 Å². The first kappa shape index (κ1) is 15.8. The molecule has 0 radical (unpaired) electrons. The summed E-state index contributed by atoms with van der Waals surface area (Å²) in [6.07, 6.45) is 0.753. The number of hydrogen-bond acceptors (Lipinski definition) is 4. The van der Waals surface area contributed by atoms with E-state index in [0.29, 0.717) is 19.8 Å². The molecule has 1 aliphatic rings. The van der Waals surface area contributed by atoms with Crippen LogP contribution in [-0.4, -0.2) is 31.8 Å². The van der Waals surface area contributed by atoms with Crippen molar-refractivity contribution in [1.29, 1.82) is 0 Å². The molecule has 0 amide bonds. The number of rotatable bonds is 7. The fourth-order valence-electron chi connectivity index (χ4n) is 2.37. The van der Waals surface area contributed by atoms with Crippen LogP contribution in [0.25, 0.3) is 0 Å². The number of nitrogens with one attached hydrogen (secondary N) is 1. The van der Waals surface area contributed by atoms with E-state index in [1.165, 1.54) is 6.07 Å². The smallest absolute Gasteiger partial charge is 0.169 e. The van der Waals surface area contributed by atoms with E-state index in [4.69, 9.17) is 9.47 Å². The highest BCUT2D eigenvalue weighted by atomic mass is 32.2. The minimum Gasteiger partial charge on any atom is -0.352 e. The van der Waals surface area contributed by atoms with Crippen molar-refractivity contribution in [2.75, 3.05) is 25.5 Å². The lowest BCUT2D eigenvalue weighted by atomic mass is 10.0. The molecule has 1 unspecified atom stereocenters. The largest absolute Gasteiger partial charge is 0.352 e. The first-order valence-electron chi connectivity index (χ1n) is 7.14. The van der Waals surface area contributed by atoms with Crippen LogP contribution in [0.2, 0.25) is 0 Å². The van der Waals surface area contributed by atoms with Crippen LogP contribution in [0.1, 0.15) is 31.9 Å². The number of benzene rings is 1. The minimum absolute atomic E-state index is 0.120. The lowest BCUT2D eigenvalue weighted by Gasteiger charge is -2.28. The molecular formula is C15H22FNO2S. The van der Waals surface area contributed by atoms with Crippen LogP contribution in [-0.2, 0) is 9.47 Å². The van der Waals surface area contributed by atoms with E-state index in [2.05, 4.69) is 5.32 Å². The van der Waals surface area contributed by atoms with Crippen molar-refractivity contribution in [1.82, 2.24) is 5.32 Å². The van der Waals surface area contributed by atoms with E-state index < -0.39 is 0 Å². The highest BCUT2D eigenvalue weighted by Gasteiger charge is 2.23. The first-order chi connectivity index (χ1) is 9.76. The molecule has 3 nitrogen and oxygen atoms in total. The van der Waals surface area contributed by atoms with Gasteiger partial charge in [-0.2, -0.15) is 0 Å². The monoisotopic (exact) mass is 299 g/mol. The number of thioether (sulfide) groups is 1. The van der Waals surface area contributed by atoms with Gasteiger partial charge in [0.2, 0.25) is 0 Å². The summed E-state index contributed by atoms with van der Waals surface area (Å²) in [5.74, 6) is 0.810. The van der Waals surface area contributed by atoms with Crippen LogP contribution >= 0.6 is 11.8 Å². The maximum Gasteiger partial charge on any atom is 0.169 e. The van der Waals surface area contributed by atoms with Gasteiger partial charge in [0.1, 0.15) is 5.82 Å². The number of halogens is 1. The molecule has 1 heterocycles. The van der Waals surface area contributed by atoms with Crippen molar-refractivity contribution in [3.8, 4) is 0 Å². The summed E-state index contributed by atoms with van der Waals surface area (Å²) in [6.45, 7) is 5.77. The van der Waals surface area contributed by atoms with Gasteiger partial charge in [-0.15, -0.1) is 11.8 Å². The lowest BCUT2D eigenvalue weighted by Crippen LogP contribution is -2.35. The molecule has 0 spiro atoms. The molecule has 1 aliphatic heterocycles. The Balaban J connectivity index is 1.99. The molecule has 1 N–H and O–H groups in total. The van der Waals surface area contributed by atoms with E-state index in [-0.39, 0.29) is 18.1 Å². The van der Waals surface area contributed by atoms with E-state index in [0.717, 1.165) is 22.6 Å². The van der Waals surface area contributed by atoms with Gasteiger partial charge < -0.3 is 14.8 Å². The van der Waals surface area contributed by atoms with Gasteiger partial charge in [-0.3, -0.25) is 0 Å². The average Bonchev–Trinajstić information content (AvgIpc) is 2.46. The Bertz CT molecular complexity index is 424. The SMILES string of the molecule is CCOC(CNC1CCSc2c(F)cccc21)OCC. The van der Waals surface area contributed by atoms with E-state index in [1.807, 2.05) is 19.9 Å². The van der Waals surface area contributed by atoms with Crippen LogP contribution in [0.4, 0.5) is 4.39 Å². The Morgan fingerprint density at radius 3 is 2.80 bits per heavy atom. The van der Waals surface area contributed by atoms with Crippen LogP contribution in [0, 0.1) is 5.82 Å². The molecule has 0 aromatic heterocycles. The van der Waals surface area contributed by atoms with Crippen LogP contribution in [0.15, 0.2) is 23.1 Å². The highest BCUT2D eigenvalue weighted by Crippen LogP contribution is 2.37. The Labute approximate surface area is 124 Å². The molecular weight excluding hydrogens is 277 g/mol. The van der Waals surface area contributed by atoms with Gasteiger partial charge in [0, 0.05) is 30.7 Å². The topological polar surface area (TPSA) is 30.5 Å². The van der Waals surface area contributed by atoms with Gasteiger partial charge in [0.05, 0.1) is 0 Å². The van der Waals surface area contributed by atoms with Crippen LogP contribution in [0.3, 0.4) is 0 Å². The molecule has 5 heteroatoms. The van der Waals surface area contributed by atoms with Gasteiger partial charge in [-0.05, 0) is 37.7 Å². The number of hydrogen-bond donors (Lipinski definition) is 1. The van der Waals surface area contributed by atoms with E-state index in [1.54, 1.807) is 17.8 Å². The second-order valence-corrected chi connectivity index (χ2v) is 5.70. The molecule has 2 rings (SSSR count). The molecule has 1 aromatic carbocycles. The minimum atomic E-state index is -0.239. The maximum absolute atomic E-state index is 13.8. The molecule has 1 atom stereocenters. The van der Waals surface area contributed by atoms with Crippen molar-refractivity contribution in [3.63, 3.8) is 0 Å². The third-order valence-corrected chi connectivity index (χ3v) is 4.42. The Morgan fingerprint density at radius 1 is 1.35 bits per heavy atom. The van der Waals surface area contributed by atoms with Crippen molar-refractivity contribution >= 4 is 11.8 Å². The van der Waals surface area contributed by atoms with Crippen molar-refractivity contribution in [2.45, 2.75) is 37.5 Å². The predicted octanol–water partition coefficient (Wildman–Crippen LogP) is 3.35. The third kappa shape index (κ3) is 3.95. The summed E-state index contributed by atoms with van der Waals surface area (Å²) >= 11 is 1.60. The van der Waals surface area contributed by atoms with Gasteiger partial charge >= 0.3 is 0 Å². The third-order valence-electron chi connectivity index (χ3n) is 3.26. The lowest BCUT2D eigenvalue weighted by molar-refractivity contribution is -0.133. The second-order valence-electron chi connectivity index (χ2n) is 4.60. The normalized spacial score (nSPS) is 18.3. The van der Waals surface area contributed by atoms with Gasteiger partial charge in [-0.1, -0.05) is 12.1 Å². The summed E-state index contributed by atoms with van der Waals surface area (Å²) in [6, 6.07) is 5.47. The molecule has 0 saturated heterocycles. The molecule has 0 saturated carbocycles. The quantitative estimate of drug-likeness (QED) is 0.782. The molecule has 1 aromatic rings. The fourth-order valence-corrected chi connectivity index (χ4v) is 3.52.